The molecule has 7 heteroatoms. The number of nitrogens with one attached hydrogen (secondary N) is 1. The minimum Gasteiger partial charge on any atom is -0.473 e. The number of rotatable bonds is 6. The van der Waals surface area contributed by atoms with Gasteiger partial charge in [0.2, 0.25) is 11.7 Å². The molecule has 0 unspecified atom stereocenters. The van der Waals surface area contributed by atoms with E-state index in [1.807, 2.05) is 6.92 Å². The highest BCUT2D eigenvalue weighted by atomic mass is 19.4. The van der Waals surface area contributed by atoms with Crippen molar-refractivity contribution in [3.8, 4) is 5.88 Å². The predicted octanol–water partition coefficient (Wildman–Crippen LogP) is 2.88. The minimum atomic E-state index is -4.60. The van der Waals surface area contributed by atoms with E-state index in [9.17, 15) is 13.2 Å². The number of ether oxygens (including phenoxy) is 1. The van der Waals surface area contributed by atoms with E-state index in [0.717, 1.165) is 6.42 Å². The van der Waals surface area contributed by atoms with Crippen LogP contribution in [0.2, 0.25) is 0 Å². The van der Waals surface area contributed by atoms with E-state index >= 15 is 0 Å². The Kier molecular flexibility index (Phi) is 4.94. The van der Waals surface area contributed by atoms with Crippen molar-refractivity contribution in [1.82, 2.24) is 9.97 Å². The fraction of sp³-hybridized carbons (Fsp3) is 0.455. The topological polar surface area (TPSA) is 47.0 Å². The van der Waals surface area contributed by atoms with Gasteiger partial charge in [-0.05, 0) is 6.42 Å². The zero-order valence-electron chi connectivity index (χ0n) is 9.92. The average Bonchev–Trinajstić information content (AvgIpc) is 2.32. The third kappa shape index (κ3) is 4.23. The first-order valence-electron chi connectivity index (χ1n) is 5.41. The molecule has 1 rings (SSSR count). The number of anilines is 1. The summed E-state index contributed by atoms with van der Waals surface area (Å²) in [5.74, 6) is -1.25. The summed E-state index contributed by atoms with van der Waals surface area (Å²) in [6.45, 7) is 5.92. The summed E-state index contributed by atoms with van der Waals surface area (Å²) in [5.41, 5.74) is 0. The quantitative estimate of drug-likeness (QED) is 0.800. The van der Waals surface area contributed by atoms with Crippen LogP contribution in [0.1, 0.15) is 19.2 Å². The second-order valence-electron chi connectivity index (χ2n) is 3.44. The molecule has 18 heavy (non-hydrogen) atoms. The fourth-order valence-corrected chi connectivity index (χ4v) is 1.11. The highest BCUT2D eigenvalue weighted by Crippen LogP contribution is 2.28. The number of alkyl halides is 3. The van der Waals surface area contributed by atoms with Crippen molar-refractivity contribution < 1.29 is 17.9 Å². The summed E-state index contributed by atoms with van der Waals surface area (Å²) in [6.07, 6.45) is -2.40. The van der Waals surface area contributed by atoms with Crippen LogP contribution in [0.3, 0.4) is 0 Å². The first-order valence-corrected chi connectivity index (χ1v) is 5.41. The van der Waals surface area contributed by atoms with Gasteiger partial charge in [-0.25, -0.2) is 4.98 Å². The van der Waals surface area contributed by atoms with E-state index in [-0.39, 0.29) is 18.3 Å². The molecule has 0 bridgehead atoms. The summed E-state index contributed by atoms with van der Waals surface area (Å²) < 4.78 is 42.7. The maximum Gasteiger partial charge on any atom is 0.451 e. The van der Waals surface area contributed by atoms with Crippen LogP contribution in [-0.4, -0.2) is 23.1 Å². The van der Waals surface area contributed by atoms with Gasteiger partial charge in [-0.2, -0.15) is 18.2 Å². The molecule has 0 aliphatic rings. The lowest BCUT2D eigenvalue weighted by molar-refractivity contribution is -0.145. The smallest absolute Gasteiger partial charge is 0.451 e. The highest BCUT2D eigenvalue weighted by Gasteiger charge is 2.35. The van der Waals surface area contributed by atoms with Crippen molar-refractivity contribution in [2.45, 2.75) is 19.5 Å². The molecule has 1 heterocycles. The lowest BCUT2D eigenvalue weighted by Gasteiger charge is -2.11. The van der Waals surface area contributed by atoms with E-state index in [0.29, 0.717) is 6.54 Å². The standard InChI is InChI=1S/C11H14F3N3O/c1-3-5-15-8-7-9(18-6-4-2)17-10(16-8)11(12,13)14/h4,7H,2-3,5-6H2,1H3,(H,15,16,17). The fourth-order valence-electron chi connectivity index (χ4n) is 1.11. The van der Waals surface area contributed by atoms with E-state index < -0.39 is 12.0 Å². The van der Waals surface area contributed by atoms with E-state index in [2.05, 4.69) is 21.9 Å². The summed E-state index contributed by atoms with van der Waals surface area (Å²) in [4.78, 5) is 6.70. The number of halogens is 3. The van der Waals surface area contributed by atoms with Crippen molar-refractivity contribution in [3.05, 3.63) is 24.5 Å². The first kappa shape index (κ1) is 14.3. The van der Waals surface area contributed by atoms with E-state index in [4.69, 9.17) is 4.74 Å². The summed E-state index contributed by atoms with van der Waals surface area (Å²) in [7, 11) is 0. The largest absolute Gasteiger partial charge is 0.473 e. The molecule has 0 amide bonds. The molecule has 0 radical (unpaired) electrons. The van der Waals surface area contributed by atoms with Gasteiger partial charge in [-0.1, -0.05) is 19.6 Å². The molecule has 4 nitrogen and oxygen atoms in total. The molecule has 100 valence electrons. The maximum atomic E-state index is 12.6. The van der Waals surface area contributed by atoms with Crippen molar-refractivity contribution in [2.24, 2.45) is 0 Å². The van der Waals surface area contributed by atoms with Crippen LogP contribution in [0, 0.1) is 0 Å². The molecular formula is C11H14F3N3O. The van der Waals surface area contributed by atoms with Crippen LogP contribution in [0.4, 0.5) is 19.0 Å². The Morgan fingerprint density at radius 3 is 2.72 bits per heavy atom. The average molecular weight is 261 g/mol. The van der Waals surface area contributed by atoms with Gasteiger partial charge in [0.05, 0.1) is 0 Å². The zero-order valence-corrected chi connectivity index (χ0v) is 9.92. The SMILES string of the molecule is C=CCOc1cc(NCCC)nc(C(F)(F)F)n1. The van der Waals surface area contributed by atoms with E-state index in [1.165, 1.54) is 12.1 Å². The molecule has 0 saturated carbocycles. The van der Waals surface area contributed by atoms with Gasteiger partial charge < -0.3 is 10.1 Å². The first-order chi connectivity index (χ1) is 8.47. The maximum absolute atomic E-state index is 12.6. The molecule has 0 saturated heterocycles. The molecule has 0 fully saturated rings. The molecule has 0 aromatic carbocycles. The molecule has 0 spiro atoms. The second kappa shape index (κ2) is 6.23. The molecule has 0 atom stereocenters. The van der Waals surface area contributed by atoms with Crippen molar-refractivity contribution in [2.75, 3.05) is 18.5 Å². The van der Waals surface area contributed by atoms with Crippen molar-refractivity contribution in [1.29, 1.82) is 0 Å². The van der Waals surface area contributed by atoms with Gasteiger partial charge >= 0.3 is 6.18 Å². The number of aromatic nitrogens is 2. The van der Waals surface area contributed by atoms with Crippen LogP contribution in [-0.2, 0) is 6.18 Å². The molecule has 0 aliphatic carbocycles. The third-order valence-corrected chi connectivity index (χ3v) is 1.86. The summed E-state index contributed by atoms with van der Waals surface area (Å²) in [6, 6.07) is 1.33. The van der Waals surface area contributed by atoms with Crippen LogP contribution >= 0.6 is 0 Å². The Morgan fingerprint density at radius 1 is 1.44 bits per heavy atom. The monoisotopic (exact) mass is 261 g/mol. The lowest BCUT2D eigenvalue weighted by atomic mass is 10.4. The van der Waals surface area contributed by atoms with Crippen LogP contribution in [0.25, 0.3) is 0 Å². The minimum absolute atomic E-state index is 0.0848. The molecule has 1 aromatic rings. The molecule has 0 aliphatic heterocycles. The van der Waals surface area contributed by atoms with E-state index in [1.54, 1.807) is 0 Å². The highest BCUT2D eigenvalue weighted by molar-refractivity contribution is 5.38. The Hall–Kier alpha value is -1.79. The predicted molar refractivity (Wildman–Crippen MR) is 61.5 cm³/mol. The number of nitrogens with zero attached hydrogens (tertiary/aromatic N) is 2. The second-order valence-corrected chi connectivity index (χ2v) is 3.44. The van der Waals surface area contributed by atoms with Crippen molar-refractivity contribution >= 4 is 5.82 Å². The Morgan fingerprint density at radius 2 is 2.17 bits per heavy atom. The van der Waals surface area contributed by atoms with Gasteiger partial charge in [0.25, 0.3) is 0 Å². The van der Waals surface area contributed by atoms with Gasteiger partial charge in [-0.15, -0.1) is 0 Å². The Labute approximate surface area is 103 Å². The lowest BCUT2D eigenvalue weighted by Crippen LogP contribution is -2.14. The van der Waals surface area contributed by atoms with Crippen LogP contribution in [0.15, 0.2) is 18.7 Å². The van der Waals surface area contributed by atoms with Gasteiger partial charge in [0.15, 0.2) is 0 Å². The zero-order chi connectivity index (χ0) is 13.6. The summed E-state index contributed by atoms with van der Waals surface area (Å²) >= 11 is 0. The third-order valence-electron chi connectivity index (χ3n) is 1.86. The van der Waals surface area contributed by atoms with Gasteiger partial charge in [0.1, 0.15) is 12.4 Å². The van der Waals surface area contributed by atoms with Crippen LogP contribution in [0.5, 0.6) is 5.88 Å². The molecular weight excluding hydrogens is 247 g/mol. The number of hydrogen-bond donors (Lipinski definition) is 1. The Bertz CT molecular complexity index is 407. The summed E-state index contributed by atoms with van der Waals surface area (Å²) in [5, 5.41) is 2.77. The van der Waals surface area contributed by atoms with Gasteiger partial charge in [-0.3, -0.25) is 0 Å². The van der Waals surface area contributed by atoms with Gasteiger partial charge in [0, 0.05) is 12.6 Å². The normalized spacial score (nSPS) is 11.1. The number of hydrogen-bond acceptors (Lipinski definition) is 4. The van der Waals surface area contributed by atoms with Crippen LogP contribution < -0.4 is 10.1 Å². The molecule has 1 aromatic heterocycles. The molecule has 1 N–H and O–H groups in total. The van der Waals surface area contributed by atoms with Crippen molar-refractivity contribution in [3.63, 3.8) is 0 Å². The Balaban J connectivity index is 2.99.